The molecule has 0 unspecified atom stereocenters. The van der Waals surface area contributed by atoms with Crippen LogP contribution in [0.3, 0.4) is 0 Å². The summed E-state index contributed by atoms with van der Waals surface area (Å²) in [5.41, 5.74) is 4.56. The molecule has 1 aromatic rings. The van der Waals surface area contributed by atoms with Crippen LogP contribution in [0.15, 0.2) is 24.3 Å². The quantitative estimate of drug-likeness (QED) is 0.857. The molecule has 1 aromatic carbocycles. The molecule has 0 bridgehead atoms. The molecule has 0 heterocycles. The van der Waals surface area contributed by atoms with Crippen molar-refractivity contribution in [3.05, 3.63) is 29.8 Å². The number of ether oxygens (including phenoxy) is 1. The van der Waals surface area contributed by atoms with Gasteiger partial charge in [0.1, 0.15) is 5.75 Å². The molecule has 0 aliphatic rings. The van der Waals surface area contributed by atoms with E-state index >= 15 is 0 Å². The van der Waals surface area contributed by atoms with Crippen LogP contribution in [0.4, 0.5) is 13.2 Å². The van der Waals surface area contributed by atoms with Crippen LogP contribution in [-0.2, 0) is 11.0 Å². The van der Waals surface area contributed by atoms with Crippen LogP contribution in [-0.4, -0.2) is 25.1 Å². The minimum absolute atomic E-state index is 0.177. The number of amides is 1. The van der Waals surface area contributed by atoms with E-state index in [4.69, 9.17) is 10.5 Å². The summed E-state index contributed by atoms with van der Waals surface area (Å²) in [4.78, 5) is 11.3. The van der Waals surface area contributed by atoms with Gasteiger partial charge in [0.05, 0.1) is 5.56 Å². The largest absolute Gasteiger partial charge is 0.484 e. The van der Waals surface area contributed by atoms with Gasteiger partial charge in [-0.3, -0.25) is 4.79 Å². The third-order valence-corrected chi connectivity index (χ3v) is 2.31. The third kappa shape index (κ3) is 5.17. The maximum Gasteiger partial charge on any atom is 0.416 e. The fourth-order valence-corrected chi connectivity index (χ4v) is 1.26. The molecule has 0 fully saturated rings. The average Bonchev–Trinajstić information content (AvgIpc) is 2.35. The van der Waals surface area contributed by atoms with Crippen molar-refractivity contribution in [2.45, 2.75) is 19.1 Å². The van der Waals surface area contributed by atoms with Gasteiger partial charge in [-0.1, -0.05) is 0 Å². The smallest absolute Gasteiger partial charge is 0.416 e. The van der Waals surface area contributed by atoms with Crippen LogP contribution >= 0.6 is 0 Å². The minimum Gasteiger partial charge on any atom is -0.484 e. The Bertz CT molecular complexity index is 418. The number of nitrogens with one attached hydrogen (secondary N) is 1. The van der Waals surface area contributed by atoms with E-state index in [2.05, 4.69) is 5.32 Å². The fourth-order valence-electron chi connectivity index (χ4n) is 1.26. The van der Waals surface area contributed by atoms with Crippen molar-refractivity contribution in [3.8, 4) is 5.75 Å². The van der Waals surface area contributed by atoms with Gasteiger partial charge in [-0.05, 0) is 31.2 Å². The van der Waals surface area contributed by atoms with E-state index in [1.165, 1.54) is 12.1 Å². The van der Waals surface area contributed by atoms with Crippen molar-refractivity contribution in [1.82, 2.24) is 5.32 Å². The average molecular weight is 276 g/mol. The number of benzene rings is 1. The lowest BCUT2D eigenvalue weighted by atomic mass is 10.2. The molecule has 1 atom stereocenters. The molecule has 0 saturated heterocycles. The van der Waals surface area contributed by atoms with Gasteiger partial charge in [0, 0.05) is 12.6 Å². The number of carbonyl (C=O) groups excluding carboxylic acids is 1. The summed E-state index contributed by atoms with van der Waals surface area (Å²) >= 11 is 0. The van der Waals surface area contributed by atoms with Crippen LogP contribution in [0.1, 0.15) is 12.5 Å². The molecular weight excluding hydrogens is 261 g/mol. The molecule has 0 aliphatic heterocycles. The van der Waals surface area contributed by atoms with Crippen LogP contribution in [0, 0.1) is 0 Å². The molecule has 0 radical (unpaired) electrons. The van der Waals surface area contributed by atoms with Gasteiger partial charge < -0.3 is 15.8 Å². The zero-order valence-corrected chi connectivity index (χ0v) is 10.3. The SMILES string of the molecule is C[C@@H](CN)NC(=O)COc1ccc(C(F)(F)F)cc1. The standard InChI is InChI=1S/C12H15F3N2O2/c1-8(6-16)17-11(18)7-19-10-4-2-9(3-5-10)12(13,14)15/h2-5,8H,6-7,16H2,1H3,(H,17,18)/t8-/m0/s1. The predicted molar refractivity (Wildman–Crippen MR) is 63.6 cm³/mol. The van der Waals surface area contributed by atoms with Gasteiger partial charge in [-0.15, -0.1) is 0 Å². The van der Waals surface area contributed by atoms with Crippen molar-refractivity contribution >= 4 is 5.91 Å². The first-order valence-electron chi connectivity index (χ1n) is 5.62. The number of nitrogens with two attached hydrogens (primary N) is 1. The van der Waals surface area contributed by atoms with E-state index in [1.807, 2.05) is 0 Å². The Labute approximate surface area is 108 Å². The highest BCUT2D eigenvalue weighted by Gasteiger charge is 2.30. The molecule has 3 N–H and O–H groups in total. The van der Waals surface area contributed by atoms with E-state index in [0.29, 0.717) is 6.54 Å². The zero-order valence-electron chi connectivity index (χ0n) is 10.3. The summed E-state index contributed by atoms with van der Waals surface area (Å²) in [6, 6.07) is 3.96. The van der Waals surface area contributed by atoms with Crippen molar-refractivity contribution in [2.24, 2.45) is 5.73 Å². The second-order valence-electron chi connectivity index (χ2n) is 4.02. The molecule has 1 rings (SSSR count). The van der Waals surface area contributed by atoms with Crippen molar-refractivity contribution in [2.75, 3.05) is 13.2 Å². The van der Waals surface area contributed by atoms with Gasteiger partial charge in [0.2, 0.25) is 0 Å². The summed E-state index contributed by atoms with van der Waals surface area (Å²) in [6.07, 6.45) is -4.38. The summed E-state index contributed by atoms with van der Waals surface area (Å²) in [6.45, 7) is 1.76. The van der Waals surface area contributed by atoms with E-state index in [1.54, 1.807) is 6.92 Å². The van der Waals surface area contributed by atoms with Gasteiger partial charge in [0.25, 0.3) is 5.91 Å². The van der Waals surface area contributed by atoms with Crippen molar-refractivity contribution < 1.29 is 22.7 Å². The molecule has 0 aliphatic carbocycles. The maximum absolute atomic E-state index is 12.3. The molecule has 4 nitrogen and oxygen atoms in total. The lowest BCUT2D eigenvalue weighted by Crippen LogP contribution is -2.40. The Morgan fingerprint density at radius 1 is 1.37 bits per heavy atom. The zero-order chi connectivity index (χ0) is 14.5. The molecule has 0 aromatic heterocycles. The van der Waals surface area contributed by atoms with Crippen LogP contribution < -0.4 is 15.8 Å². The first-order valence-corrected chi connectivity index (χ1v) is 5.62. The van der Waals surface area contributed by atoms with E-state index in [0.717, 1.165) is 12.1 Å². The van der Waals surface area contributed by atoms with Gasteiger partial charge in [0.15, 0.2) is 6.61 Å². The molecule has 7 heteroatoms. The van der Waals surface area contributed by atoms with Gasteiger partial charge in [-0.25, -0.2) is 0 Å². The highest BCUT2D eigenvalue weighted by Crippen LogP contribution is 2.30. The summed E-state index contributed by atoms with van der Waals surface area (Å²) in [7, 11) is 0. The van der Waals surface area contributed by atoms with Crippen LogP contribution in [0.25, 0.3) is 0 Å². The van der Waals surface area contributed by atoms with Crippen molar-refractivity contribution in [1.29, 1.82) is 0 Å². The topological polar surface area (TPSA) is 64.3 Å². The highest BCUT2D eigenvalue weighted by atomic mass is 19.4. The Hall–Kier alpha value is -1.76. The minimum atomic E-state index is -4.38. The monoisotopic (exact) mass is 276 g/mol. The Balaban J connectivity index is 2.48. The number of hydrogen-bond acceptors (Lipinski definition) is 3. The van der Waals surface area contributed by atoms with E-state index in [9.17, 15) is 18.0 Å². The lowest BCUT2D eigenvalue weighted by molar-refractivity contribution is -0.137. The van der Waals surface area contributed by atoms with Gasteiger partial charge >= 0.3 is 6.18 Å². The molecule has 19 heavy (non-hydrogen) atoms. The number of hydrogen-bond donors (Lipinski definition) is 2. The molecular formula is C12H15F3N2O2. The summed E-state index contributed by atoms with van der Waals surface area (Å²) in [5.74, 6) is -0.179. The molecule has 106 valence electrons. The normalized spacial score (nSPS) is 12.9. The van der Waals surface area contributed by atoms with E-state index < -0.39 is 11.7 Å². The number of rotatable bonds is 5. The molecule has 0 saturated carbocycles. The molecule has 0 spiro atoms. The Morgan fingerprint density at radius 3 is 2.42 bits per heavy atom. The third-order valence-electron chi connectivity index (χ3n) is 2.31. The second-order valence-corrected chi connectivity index (χ2v) is 4.02. The second kappa shape index (κ2) is 6.42. The highest BCUT2D eigenvalue weighted by molar-refractivity contribution is 5.77. The first kappa shape index (κ1) is 15.3. The van der Waals surface area contributed by atoms with Gasteiger partial charge in [-0.2, -0.15) is 13.2 Å². The lowest BCUT2D eigenvalue weighted by Gasteiger charge is -2.12. The van der Waals surface area contributed by atoms with Crippen molar-refractivity contribution in [3.63, 3.8) is 0 Å². The number of halogens is 3. The summed E-state index contributed by atoms with van der Waals surface area (Å²) in [5, 5.41) is 2.57. The summed E-state index contributed by atoms with van der Waals surface area (Å²) < 4.78 is 42.0. The molecule has 1 amide bonds. The fraction of sp³-hybridized carbons (Fsp3) is 0.417. The van der Waals surface area contributed by atoms with E-state index in [-0.39, 0.29) is 24.3 Å². The van der Waals surface area contributed by atoms with Crippen LogP contribution in [0.2, 0.25) is 0 Å². The first-order chi connectivity index (χ1) is 8.82. The Kier molecular flexibility index (Phi) is 5.17. The maximum atomic E-state index is 12.3. The Morgan fingerprint density at radius 2 is 1.95 bits per heavy atom. The number of alkyl halides is 3. The number of carbonyl (C=O) groups is 1. The predicted octanol–water partition coefficient (Wildman–Crippen LogP) is 1.55. The van der Waals surface area contributed by atoms with Crippen LogP contribution in [0.5, 0.6) is 5.75 Å².